The van der Waals surface area contributed by atoms with Crippen LogP contribution in [0.15, 0.2) is 393 Å². The van der Waals surface area contributed by atoms with E-state index in [2.05, 4.69) is 376 Å². The lowest BCUT2D eigenvalue weighted by Gasteiger charge is -2.12. The van der Waals surface area contributed by atoms with Gasteiger partial charge >= 0.3 is 0 Å². The molecule has 18 aromatic carbocycles. The summed E-state index contributed by atoms with van der Waals surface area (Å²) in [6.45, 7) is 0. The zero-order chi connectivity index (χ0) is 77.2. The Bertz CT molecular complexity index is 7950. The molecule has 0 aliphatic heterocycles. The second-order valence-corrected chi connectivity index (χ2v) is 31.7. The smallest absolute Gasteiger partial charge is 0.235 e. The molecule has 0 unspecified atom stereocenters. The molecule has 0 atom stereocenters. The first-order valence-electron chi connectivity index (χ1n) is 40.0. The van der Waals surface area contributed by atoms with Gasteiger partial charge in [-0.05, 0) is 141 Å². The lowest BCUT2D eigenvalue weighted by Crippen LogP contribution is -2.04. The molecule has 0 aliphatic carbocycles. The van der Waals surface area contributed by atoms with Crippen LogP contribution in [-0.2, 0) is 0 Å². The van der Waals surface area contributed by atoms with E-state index in [1.165, 1.54) is 113 Å². The van der Waals surface area contributed by atoms with E-state index in [0.29, 0.717) is 11.9 Å². The van der Waals surface area contributed by atoms with Crippen molar-refractivity contribution in [3.05, 3.63) is 388 Å². The first-order valence-corrected chi connectivity index (χ1v) is 40.8. The minimum absolute atomic E-state index is 0.642. The fourth-order valence-corrected chi connectivity index (χ4v) is 20.2. The van der Waals surface area contributed by atoms with Crippen molar-refractivity contribution in [1.29, 1.82) is 0 Å². The highest BCUT2D eigenvalue weighted by Gasteiger charge is 2.27. The number of thiophene rings is 1. The van der Waals surface area contributed by atoms with Gasteiger partial charge in [0.2, 0.25) is 11.9 Å². The van der Waals surface area contributed by atoms with E-state index < -0.39 is 0 Å². The lowest BCUT2D eigenvalue weighted by atomic mass is 9.94. The quantitative estimate of drug-likeness (QED) is 0.127. The Kier molecular flexibility index (Phi) is 14.5. The molecule has 8 aromatic heterocycles. The highest BCUT2D eigenvalue weighted by Crippen LogP contribution is 2.50. The van der Waals surface area contributed by atoms with Gasteiger partial charge in [-0.1, -0.05) is 291 Å². The number of fused-ring (bicyclic) bond motifs is 12. The van der Waals surface area contributed by atoms with Gasteiger partial charge in [-0.25, -0.2) is 19.9 Å². The highest BCUT2D eigenvalue weighted by molar-refractivity contribution is 7.26. The third kappa shape index (κ3) is 10.0. The zero-order valence-corrected chi connectivity index (χ0v) is 64.2. The fraction of sp³-hybridized carbons (Fsp3) is 0. The maximum absolute atomic E-state index is 6.59. The van der Waals surface area contributed by atoms with Gasteiger partial charge in [0.25, 0.3) is 0 Å². The van der Waals surface area contributed by atoms with Gasteiger partial charge in [0.1, 0.15) is 5.58 Å². The van der Waals surface area contributed by atoms with Crippen LogP contribution in [0.1, 0.15) is 0 Å². The number of para-hydroxylation sites is 4. The molecule has 0 amide bonds. The van der Waals surface area contributed by atoms with Crippen LogP contribution in [0.5, 0.6) is 0 Å². The molecule has 0 fully saturated rings. The first kappa shape index (κ1) is 65.9. The number of nitrogens with zero attached hydrogens (tertiary/aromatic N) is 8. The first-order chi connectivity index (χ1) is 58.5. The Hall–Kier alpha value is -15.6. The molecular weight excluding hydrogens is 1460 g/mol. The molecule has 10 heteroatoms. The molecule has 118 heavy (non-hydrogen) atoms. The number of hydrogen-bond donors (Lipinski definition) is 0. The standard InChI is InChI=1S/C54H32N4O.C54H32N4S/c2*1-3-13-33(14-4-1)43-32-44(34-15-5-2-6-16-34)56-54(55-43)58-45-21-9-7-18-38(45)42-31-36(26-29-46(42)58)37-28-30-48-52-40(37)27-25-35-17-11-22-47(51(35)52)57(48)49-23-12-20-41-39-19-8-10-24-50(39)59-53(41)49/h2*1-32H. The van der Waals surface area contributed by atoms with E-state index in [4.69, 9.17) is 24.4 Å². The van der Waals surface area contributed by atoms with Gasteiger partial charge in [-0.3, -0.25) is 9.13 Å². The van der Waals surface area contributed by atoms with Crippen molar-refractivity contribution >= 4 is 162 Å². The lowest BCUT2D eigenvalue weighted by molar-refractivity contribution is 0.666. The molecule has 0 spiro atoms. The van der Waals surface area contributed by atoms with Crippen LogP contribution in [0.25, 0.3) is 241 Å². The molecule has 26 aromatic rings. The van der Waals surface area contributed by atoms with Gasteiger partial charge in [0.05, 0.1) is 83.0 Å². The predicted octanol–water partition coefficient (Wildman–Crippen LogP) is 28.8. The Balaban J connectivity index is 0.000000131. The van der Waals surface area contributed by atoms with Crippen molar-refractivity contribution in [3.63, 3.8) is 0 Å². The summed E-state index contributed by atoms with van der Waals surface area (Å²) in [4.78, 5) is 21.0. The Labute approximate surface area is 679 Å². The van der Waals surface area contributed by atoms with Crippen LogP contribution in [0.2, 0.25) is 0 Å². The topological polar surface area (TPSA) is 84.4 Å². The van der Waals surface area contributed by atoms with Crippen LogP contribution >= 0.6 is 11.3 Å². The summed E-state index contributed by atoms with van der Waals surface area (Å²) in [5.74, 6) is 1.29. The number of aromatic nitrogens is 8. The van der Waals surface area contributed by atoms with Crippen molar-refractivity contribution < 1.29 is 4.42 Å². The van der Waals surface area contributed by atoms with E-state index in [9.17, 15) is 0 Å². The fourth-order valence-electron chi connectivity index (χ4n) is 19.0. The average Bonchev–Trinajstić information content (AvgIpc) is 1.54. The van der Waals surface area contributed by atoms with Gasteiger partial charge in [0.15, 0.2) is 5.58 Å². The van der Waals surface area contributed by atoms with Gasteiger partial charge in [-0.15, -0.1) is 11.3 Å². The Morgan fingerprint density at radius 3 is 1.11 bits per heavy atom. The molecule has 0 radical (unpaired) electrons. The Morgan fingerprint density at radius 1 is 0.220 bits per heavy atom. The summed E-state index contributed by atoms with van der Waals surface area (Å²) in [5.41, 5.74) is 25.6. The SMILES string of the molecule is c1ccc(-c2cc(-c3ccccc3)nc(-n3c4ccccc4c4cc(-c5ccc6c7c5ccc5cccc(c57)n6-c5cccc6c5oc5ccccc56)ccc43)n2)cc1.c1ccc(-c2cc(-c3ccccc3)nc(-n3c4ccccc4c4cc(-c5ccc6c7c5ccc5cccc(c57)n6-c5cccc6c5sc5ccccc56)ccc43)n2)cc1. The van der Waals surface area contributed by atoms with E-state index in [0.717, 1.165) is 117 Å². The molecule has 0 N–H and O–H groups in total. The third-order valence-electron chi connectivity index (χ3n) is 24.2. The number of rotatable bonds is 10. The summed E-state index contributed by atoms with van der Waals surface area (Å²) < 4.78 is 18.6. The highest BCUT2D eigenvalue weighted by atomic mass is 32.1. The molecular formula is C108H64N8OS. The average molecular weight is 1520 g/mol. The molecule has 8 heterocycles. The van der Waals surface area contributed by atoms with Crippen molar-refractivity contribution in [2.75, 3.05) is 0 Å². The van der Waals surface area contributed by atoms with E-state index in [-0.39, 0.29) is 0 Å². The van der Waals surface area contributed by atoms with Gasteiger partial charge in [0, 0.05) is 91.6 Å². The minimum Gasteiger partial charge on any atom is -0.454 e. The number of benzene rings is 18. The zero-order valence-electron chi connectivity index (χ0n) is 63.3. The number of hydrogen-bond acceptors (Lipinski definition) is 6. The monoisotopic (exact) mass is 1520 g/mol. The second-order valence-electron chi connectivity index (χ2n) is 30.7. The maximum atomic E-state index is 6.59. The predicted molar refractivity (Wildman–Crippen MR) is 492 cm³/mol. The van der Waals surface area contributed by atoms with Crippen LogP contribution in [0.4, 0.5) is 0 Å². The molecule has 26 rings (SSSR count). The molecule has 548 valence electrons. The van der Waals surface area contributed by atoms with Gasteiger partial charge < -0.3 is 13.6 Å². The summed E-state index contributed by atoms with van der Waals surface area (Å²) in [6, 6.07) is 139. The second kappa shape index (κ2) is 26.0. The molecule has 0 saturated carbocycles. The van der Waals surface area contributed by atoms with Crippen LogP contribution in [0.3, 0.4) is 0 Å². The molecule has 9 nitrogen and oxygen atoms in total. The van der Waals surface area contributed by atoms with Crippen LogP contribution < -0.4 is 0 Å². The van der Waals surface area contributed by atoms with E-state index in [1.54, 1.807) is 0 Å². The largest absolute Gasteiger partial charge is 0.454 e. The van der Waals surface area contributed by atoms with Crippen molar-refractivity contribution in [1.82, 2.24) is 38.2 Å². The van der Waals surface area contributed by atoms with E-state index >= 15 is 0 Å². The normalized spacial score (nSPS) is 12.1. The summed E-state index contributed by atoms with van der Waals surface area (Å²) >= 11 is 1.88. The number of furan rings is 1. The van der Waals surface area contributed by atoms with E-state index in [1.807, 2.05) is 41.7 Å². The van der Waals surface area contributed by atoms with Crippen molar-refractivity contribution in [2.24, 2.45) is 0 Å². The summed E-state index contributed by atoms with van der Waals surface area (Å²) in [7, 11) is 0. The van der Waals surface area contributed by atoms with Crippen molar-refractivity contribution in [2.45, 2.75) is 0 Å². The summed E-state index contributed by atoms with van der Waals surface area (Å²) in [6.07, 6.45) is 0. The third-order valence-corrected chi connectivity index (χ3v) is 25.5. The molecule has 0 saturated heterocycles. The molecule has 0 bridgehead atoms. The van der Waals surface area contributed by atoms with Gasteiger partial charge in [-0.2, -0.15) is 0 Å². The minimum atomic E-state index is 0.642. The Morgan fingerprint density at radius 2 is 0.602 bits per heavy atom. The summed E-state index contributed by atoms with van der Waals surface area (Å²) in [5, 5.41) is 19.6. The molecule has 0 aliphatic rings. The van der Waals surface area contributed by atoms with Crippen molar-refractivity contribution in [3.8, 4) is 90.6 Å². The maximum Gasteiger partial charge on any atom is 0.235 e. The van der Waals surface area contributed by atoms with Crippen LogP contribution in [0, 0.1) is 0 Å². The van der Waals surface area contributed by atoms with Crippen LogP contribution in [-0.4, -0.2) is 38.2 Å².